The molecule has 0 aliphatic rings. The summed E-state index contributed by atoms with van der Waals surface area (Å²) in [5, 5.41) is 0. The molecule has 0 saturated heterocycles. The van der Waals surface area contributed by atoms with Crippen molar-refractivity contribution in [1.82, 2.24) is 0 Å². The largest absolute Gasteiger partial charge is 0.426 e. The van der Waals surface area contributed by atoms with E-state index in [0.29, 0.717) is 37.7 Å². The lowest BCUT2D eigenvalue weighted by Gasteiger charge is -2.19. The van der Waals surface area contributed by atoms with Crippen LogP contribution in [0.25, 0.3) is 11.1 Å². The predicted octanol–water partition coefficient (Wildman–Crippen LogP) is 30.3. The normalized spacial score (nSPS) is 11.4. The average molecular weight is 1430 g/mol. The van der Waals surface area contributed by atoms with Crippen molar-refractivity contribution in [2.24, 2.45) is 0 Å². The lowest BCUT2D eigenvalue weighted by atomic mass is 10.0. The number of ether oxygens (including phenoxy) is 5. The SMILES string of the molecule is CCCCCCCCCCCCCCCC(=O)Oc1cc(OC(=O)CCCCCCCCCCCCCCC)cc(-c2c(OC(=O)CCCCCCCCCCCCCCC)cc(OC(=O)CCCCCCCCCCCCCCC)cc2OC(=O)CCCCCCCCCCCCCCC)c1. The topological polar surface area (TPSA) is 132 Å². The van der Waals surface area contributed by atoms with Gasteiger partial charge in [0.2, 0.25) is 0 Å². The fourth-order valence-electron chi connectivity index (χ4n) is 14.2. The van der Waals surface area contributed by atoms with E-state index in [2.05, 4.69) is 34.6 Å². The fourth-order valence-corrected chi connectivity index (χ4v) is 14.2. The summed E-state index contributed by atoms with van der Waals surface area (Å²) in [7, 11) is 0. The second-order valence-electron chi connectivity index (χ2n) is 30.8. The minimum Gasteiger partial charge on any atom is -0.426 e. The number of hydrogen-bond donors (Lipinski definition) is 0. The molecule has 0 N–H and O–H groups in total. The van der Waals surface area contributed by atoms with E-state index in [4.69, 9.17) is 23.7 Å². The van der Waals surface area contributed by atoms with E-state index in [1.54, 1.807) is 18.2 Å². The zero-order chi connectivity index (χ0) is 73.5. The molecule has 588 valence electrons. The molecule has 0 bridgehead atoms. The van der Waals surface area contributed by atoms with E-state index >= 15 is 0 Å². The lowest BCUT2D eigenvalue weighted by molar-refractivity contribution is -0.136. The summed E-state index contributed by atoms with van der Waals surface area (Å²) in [6.07, 6.45) is 78.2. The summed E-state index contributed by atoms with van der Waals surface area (Å²) in [4.78, 5) is 70.0. The Bertz CT molecular complexity index is 2160. The maximum Gasteiger partial charge on any atom is 0.311 e. The molecule has 0 unspecified atom stereocenters. The molecule has 10 nitrogen and oxygen atoms in total. The molecule has 2 aromatic carbocycles. The van der Waals surface area contributed by atoms with Crippen LogP contribution in [0.1, 0.15) is 484 Å². The van der Waals surface area contributed by atoms with Gasteiger partial charge in [-0.15, -0.1) is 0 Å². The summed E-state index contributed by atoms with van der Waals surface area (Å²) < 4.78 is 31.2. The lowest BCUT2D eigenvalue weighted by Crippen LogP contribution is -2.13. The Hall–Kier alpha value is -4.21. The van der Waals surface area contributed by atoms with E-state index < -0.39 is 29.8 Å². The molecule has 0 spiro atoms. The Balaban J connectivity index is 2.49. The van der Waals surface area contributed by atoms with Gasteiger partial charge < -0.3 is 23.7 Å². The number of carbonyl (C=O) groups is 5. The molecular formula is C92H160O10. The van der Waals surface area contributed by atoms with Crippen molar-refractivity contribution in [3.05, 3.63) is 30.3 Å². The Kier molecular flexibility index (Phi) is 65.4. The Morgan fingerprint density at radius 1 is 0.186 bits per heavy atom. The summed E-state index contributed by atoms with van der Waals surface area (Å²) >= 11 is 0. The van der Waals surface area contributed by atoms with Crippen LogP contribution in [0.3, 0.4) is 0 Å². The van der Waals surface area contributed by atoms with E-state index in [1.807, 2.05) is 0 Å². The third-order valence-electron chi connectivity index (χ3n) is 20.8. The van der Waals surface area contributed by atoms with Crippen molar-refractivity contribution >= 4 is 29.8 Å². The smallest absolute Gasteiger partial charge is 0.311 e. The van der Waals surface area contributed by atoms with Gasteiger partial charge in [-0.1, -0.05) is 420 Å². The molecular weight excluding hydrogens is 1270 g/mol. The molecule has 102 heavy (non-hydrogen) atoms. The van der Waals surface area contributed by atoms with Crippen LogP contribution in [-0.4, -0.2) is 29.8 Å². The molecule has 0 aliphatic heterocycles. The van der Waals surface area contributed by atoms with Gasteiger partial charge in [0, 0.05) is 50.3 Å². The van der Waals surface area contributed by atoms with Crippen LogP contribution >= 0.6 is 0 Å². The van der Waals surface area contributed by atoms with Crippen LogP contribution in [0.2, 0.25) is 0 Å². The summed E-state index contributed by atoms with van der Waals surface area (Å²) in [5.41, 5.74) is 0.578. The van der Waals surface area contributed by atoms with E-state index in [0.717, 1.165) is 96.3 Å². The summed E-state index contributed by atoms with van der Waals surface area (Å²) in [6.45, 7) is 11.3. The average Bonchev–Trinajstić information content (AvgIpc) is 0.784. The third-order valence-corrected chi connectivity index (χ3v) is 20.8. The van der Waals surface area contributed by atoms with Gasteiger partial charge in [0.15, 0.2) is 0 Å². The van der Waals surface area contributed by atoms with Gasteiger partial charge in [0.05, 0.1) is 5.56 Å². The Morgan fingerprint density at radius 2 is 0.333 bits per heavy atom. The van der Waals surface area contributed by atoms with Crippen LogP contribution in [0.5, 0.6) is 28.7 Å². The highest BCUT2D eigenvalue weighted by atomic mass is 16.6. The van der Waals surface area contributed by atoms with Crippen LogP contribution < -0.4 is 23.7 Å². The maximum atomic E-state index is 14.2. The Morgan fingerprint density at radius 3 is 0.510 bits per heavy atom. The van der Waals surface area contributed by atoms with Gasteiger partial charge in [0.25, 0.3) is 0 Å². The molecule has 0 amide bonds. The van der Waals surface area contributed by atoms with Gasteiger partial charge in [-0.05, 0) is 49.8 Å². The minimum atomic E-state index is -0.469. The first kappa shape index (κ1) is 93.9. The van der Waals surface area contributed by atoms with Gasteiger partial charge in [-0.25, -0.2) is 0 Å². The number of benzene rings is 2. The highest BCUT2D eigenvalue weighted by Crippen LogP contribution is 2.45. The van der Waals surface area contributed by atoms with Crippen LogP contribution in [0, 0.1) is 0 Å². The highest BCUT2D eigenvalue weighted by molar-refractivity contribution is 5.87. The first-order chi connectivity index (χ1) is 50.1. The molecule has 0 radical (unpaired) electrons. The predicted molar refractivity (Wildman–Crippen MR) is 432 cm³/mol. The number of hydrogen-bond acceptors (Lipinski definition) is 10. The number of unbranched alkanes of at least 4 members (excludes halogenated alkanes) is 60. The fraction of sp³-hybridized carbons (Fsp3) is 0.815. The Labute approximate surface area is 628 Å². The molecule has 10 heteroatoms. The van der Waals surface area contributed by atoms with Crippen LogP contribution in [-0.2, 0) is 24.0 Å². The minimum absolute atomic E-state index is 0.0319. The number of rotatable bonds is 76. The summed E-state index contributed by atoms with van der Waals surface area (Å²) in [6, 6.07) is 7.97. The molecule has 0 atom stereocenters. The first-order valence-electron chi connectivity index (χ1n) is 44.5. The highest BCUT2D eigenvalue weighted by Gasteiger charge is 2.25. The van der Waals surface area contributed by atoms with Crippen molar-refractivity contribution < 1.29 is 47.7 Å². The van der Waals surface area contributed by atoms with Crippen molar-refractivity contribution in [2.75, 3.05) is 0 Å². The zero-order valence-corrected chi connectivity index (χ0v) is 67.5. The molecule has 0 saturated carbocycles. The first-order valence-corrected chi connectivity index (χ1v) is 44.5. The molecule has 0 aromatic heterocycles. The van der Waals surface area contributed by atoms with Crippen LogP contribution in [0.4, 0.5) is 0 Å². The molecule has 0 aliphatic carbocycles. The van der Waals surface area contributed by atoms with Gasteiger partial charge in [-0.3, -0.25) is 24.0 Å². The molecule has 2 rings (SSSR count). The number of carbonyl (C=O) groups excluding carboxylic acids is 5. The van der Waals surface area contributed by atoms with E-state index in [1.165, 1.54) is 301 Å². The standard InChI is InChI=1S/C92H160O10/c1-6-11-16-21-26-31-36-41-46-51-56-61-66-71-87(93)98-82-76-81(77-83(78-82)99-88(94)72-67-62-57-52-47-42-37-32-27-22-17-12-7-2)92-85(101-90(96)74-69-64-59-54-49-44-39-34-29-24-19-14-9-4)79-84(100-89(95)73-68-63-58-53-48-43-38-33-28-23-18-13-8-3)80-86(92)102-91(97)75-70-65-60-55-50-45-40-35-30-25-20-15-10-5/h76-80H,6-75H2,1-5H3. The quantitative estimate of drug-likeness (QED) is 0.0358. The monoisotopic (exact) mass is 1430 g/mol. The van der Waals surface area contributed by atoms with Crippen molar-refractivity contribution in [3.63, 3.8) is 0 Å². The van der Waals surface area contributed by atoms with Crippen molar-refractivity contribution in [1.29, 1.82) is 0 Å². The second kappa shape index (κ2) is 71.1. The molecule has 0 fully saturated rings. The van der Waals surface area contributed by atoms with Crippen molar-refractivity contribution in [3.8, 4) is 39.9 Å². The molecule has 2 aromatic rings. The number of esters is 5. The molecule has 0 heterocycles. The van der Waals surface area contributed by atoms with Gasteiger partial charge >= 0.3 is 29.8 Å². The maximum absolute atomic E-state index is 14.2. The van der Waals surface area contributed by atoms with Crippen molar-refractivity contribution in [2.45, 2.75) is 484 Å². The van der Waals surface area contributed by atoms with Gasteiger partial charge in [0.1, 0.15) is 28.7 Å². The zero-order valence-electron chi connectivity index (χ0n) is 67.5. The van der Waals surface area contributed by atoms with E-state index in [-0.39, 0.29) is 66.4 Å². The third kappa shape index (κ3) is 57.1. The van der Waals surface area contributed by atoms with E-state index in [9.17, 15) is 24.0 Å². The second-order valence-corrected chi connectivity index (χ2v) is 30.8. The van der Waals surface area contributed by atoms with Gasteiger partial charge in [-0.2, -0.15) is 0 Å². The summed E-state index contributed by atoms with van der Waals surface area (Å²) in [5.74, 6) is -1.71. The van der Waals surface area contributed by atoms with Crippen LogP contribution in [0.15, 0.2) is 30.3 Å².